The molecule has 0 unspecified atom stereocenters. The van der Waals surface area contributed by atoms with Crippen LogP contribution in [0.15, 0.2) is 53.4 Å². The zero-order valence-corrected chi connectivity index (χ0v) is 17.2. The van der Waals surface area contributed by atoms with Gasteiger partial charge < -0.3 is 5.11 Å². The third-order valence-corrected chi connectivity index (χ3v) is 5.82. The summed E-state index contributed by atoms with van der Waals surface area (Å²) >= 11 is 1.69. The van der Waals surface area contributed by atoms with Crippen LogP contribution in [0.2, 0.25) is 0 Å². The lowest BCUT2D eigenvalue weighted by Crippen LogP contribution is -2.38. The fraction of sp³-hybridized carbons (Fsp3) is 0.375. The van der Waals surface area contributed by atoms with Crippen molar-refractivity contribution < 1.29 is 9.90 Å². The Kier molecular flexibility index (Phi) is 7.73. The smallest absolute Gasteiger partial charge is 0.167 e. The van der Waals surface area contributed by atoms with E-state index < -0.39 is 0 Å². The first kappa shape index (κ1) is 20.7. The van der Waals surface area contributed by atoms with Crippen LogP contribution in [0, 0.1) is 17.8 Å². The van der Waals surface area contributed by atoms with E-state index >= 15 is 0 Å². The molecule has 1 heterocycles. The summed E-state index contributed by atoms with van der Waals surface area (Å²) in [7, 11) is 0. The molecule has 3 nitrogen and oxygen atoms in total. The van der Waals surface area contributed by atoms with Gasteiger partial charge in [-0.3, -0.25) is 9.69 Å². The first-order valence-electron chi connectivity index (χ1n) is 9.79. The van der Waals surface area contributed by atoms with Gasteiger partial charge in [0, 0.05) is 41.5 Å². The fourth-order valence-electron chi connectivity index (χ4n) is 3.58. The highest BCUT2D eigenvalue weighted by molar-refractivity contribution is 7.98. The van der Waals surface area contributed by atoms with Gasteiger partial charge in [-0.25, -0.2) is 0 Å². The number of carbonyl (C=O) groups excluding carboxylic acids is 1. The van der Waals surface area contributed by atoms with E-state index in [1.54, 1.807) is 11.8 Å². The van der Waals surface area contributed by atoms with E-state index in [9.17, 15) is 4.79 Å². The Bertz CT molecular complexity index is 834. The minimum atomic E-state index is 0.0810. The number of carbonyl (C=O) groups is 1. The highest BCUT2D eigenvalue weighted by Gasteiger charge is 2.26. The van der Waals surface area contributed by atoms with Gasteiger partial charge in [0.15, 0.2) is 5.78 Å². The SMILES string of the molecule is CSc1ccc(C(=O)[C@@H]2CCCN(Cc3ccc(C#CCCO)cc3)C2)cc1. The van der Waals surface area contributed by atoms with Crippen molar-refractivity contribution in [3.05, 3.63) is 65.2 Å². The van der Waals surface area contributed by atoms with Gasteiger partial charge in [-0.2, -0.15) is 0 Å². The molecule has 2 aromatic carbocycles. The average molecular weight is 394 g/mol. The standard InChI is InChI=1S/C24H27NO2S/c1-28-23-13-11-21(12-14-23)24(27)22-6-4-15-25(18-22)17-20-9-7-19(8-10-20)5-2-3-16-26/h7-14,22,26H,3-4,6,15-18H2,1H3/t22-/m1/s1. The Hall–Kier alpha value is -2.06. The molecule has 2 aromatic rings. The highest BCUT2D eigenvalue weighted by atomic mass is 32.2. The molecule has 1 aliphatic heterocycles. The first-order chi connectivity index (χ1) is 13.7. The van der Waals surface area contributed by atoms with Gasteiger partial charge in [0.2, 0.25) is 0 Å². The highest BCUT2D eigenvalue weighted by Crippen LogP contribution is 2.24. The molecule has 28 heavy (non-hydrogen) atoms. The number of hydrogen-bond acceptors (Lipinski definition) is 4. The van der Waals surface area contributed by atoms with Crippen molar-refractivity contribution in [1.29, 1.82) is 0 Å². The Labute approximate surface area is 172 Å². The molecule has 0 radical (unpaired) electrons. The lowest BCUT2D eigenvalue weighted by Gasteiger charge is -2.32. The predicted octanol–water partition coefficient (Wildman–Crippen LogP) is 4.24. The number of ketones is 1. The number of rotatable bonds is 6. The van der Waals surface area contributed by atoms with E-state index in [0.717, 1.165) is 43.6 Å². The lowest BCUT2D eigenvalue weighted by atomic mass is 9.90. The molecule has 4 heteroatoms. The van der Waals surface area contributed by atoms with Crippen LogP contribution in [-0.2, 0) is 6.54 Å². The summed E-state index contributed by atoms with van der Waals surface area (Å²) in [6, 6.07) is 16.3. The van der Waals surface area contributed by atoms with Crippen LogP contribution in [0.4, 0.5) is 0 Å². The molecule has 1 atom stereocenters. The number of aliphatic hydroxyl groups is 1. The fourth-order valence-corrected chi connectivity index (χ4v) is 3.98. The van der Waals surface area contributed by atoms with Crippen molar-refractivity contribution in [3.63, 3.8) is 0 Å². The molecule has 0 aliphatic carbocycles. The van der Waals surface area contributed by atoms with Crippen molar-refractivity contribution in [2.75, 3.05) is 26.0 Å². The maximum atomic E-state index is 12.9. The van der Waals surface area contributed by atoms with E-state index in [4.69, 9.17) is 5.11 Å². The van der Waals surface area contributed by atoms with Gasteiger partial charge in [-0.15, -0.1) is 11.8 Å². The monoisotopic (exact) mass is 393 g/mol. The second-order valence-corrected chi connectivity index (χ2v) is 8.02. The van der Waals surface area contributed by atoms with Gasteiger partial charge in [0.05, 0.1) is 6.61 Å². The Morgan fingerprint density at radius 1 is 1.18 bits per heavy atom. The normalized spacial score (nSPS) is 17.0. The van der Waals surface area contributed by atoms with E-state index in [-0.39, 0.29) is 18.3 Å². The van der Waals surface area contributed by atoms with Crippen molar-refractivity contribution >= 4 is 17.5 Å². The molecule has 1 saturated heterocycles. The summed E-state index contributed by atoms with van der Waals surface area (Å²) in [6.45, 7) is 2.82. The zero-order chi connectivity index (χ0) is 19.8. The van der Waals surface area contributed by atoms with E-state index in [2.05, 4.69) is 28.9 Å². The number of nitrogens with zero attached hydrogens (tertiary/aromatic N) is 1. The first-order valence-corrected chi connectivity index (χ1v) is 11.0. The topological polar surface area (TPSA) is 40.5 Å². The minimum absolute atomic E-state index is 0.0810. The van der Waals surface area contributed by atoms with E-state index in [1.807, 2.05) is 42.7 Å². The zero-order valence-electron chi connectivity index (χ0n) is 16.4. The number of hydrogen-bond donors (Lipinski definition) is 1. The summed E-state index contributed by atoms with van der Waals surface area (Å²) in [5.74, 6) is 6.35. The number of aliphatic hydroxyl groups excluding tert-OH is 1. The lowest BCUT2D eigenvalue weighted by molar-refractivity contribution is 0.0811. The summed E-state index contributed by atoms with van der Waals surface area (Å²) in [6.07, 6.45) is 4.58. The van der Waals surface area contributed by atoms with Crippen LogP contribution in [0.1, 0.15) is 40.7 Å². The Morgan fingerprint density at radius 3 is 2.61 bits per heavy atom. The predicted molar refractivity (Wildman–Crippen MR) is 116 cm³/mol. The van der Waals surface area contributed by atoms with Crippen LogP contribution in [-0.4, -0.2) is 41.7 Å². The maximum Gasteiger partial charge on any atom is 0.167 e. The summed E-state index contributed by atoms with van der Waals surface area (Å²) in [5.41, 5.74) is 3.04. The summed E-state index contributed by atoms with van der Waals surface area (Å²) in [5, 5.41) is 8.79. The van der Waals surface area contributed by atoms with Crippen LogP contribution in [0.5, 0.6) is 0 Å². The second kappa shape index (κ2) is 10.5. The van der Waals surface area contributed by atoms with Gasteiger partial charge >= 0.3 is 0 Å². The Morgan fingerprint density at radius 2 is 1.93 bits per heavy atom. The molecule has 1 N–H and O–H groups in total. The molecule has 0 aromatic heterocycles. The molecule has 0 amide bonds. The quantitative estimate of drug-likeness (QED) is 0.453. The molecule has 1 fully saturated rings. The summed E-state index contributed by atoms with van der Waals surface area (Å²) in [4.78, 5) is 16.5. The maximum absolute atomic E-state index is 12.9. The van der Waals surface area contributed by atoms with E-state index in [1.165, 1.54) is 10.5 Å². The van der Waals surface area contributed by atoms with Gasteiger partial charge in [0.25, 0.3) is 0 Å². The number of benzene rings is 2. The van der Waals surface area contributed by atoms with Crippen molar-refractivity contribution in [3.8, 4) is 11.8 Å². The third-order valence-electron chi connectivity index (χ3n) is 5.08. The molecule has 0 spiro atoms. The summed E-state index contributed by atoms with van der Waals surface area (Å²) < 4.78 is 0. The number of Topliss-reactive ketones (excluding diaryl/α,β-unsaturated/α-hetero) is 1. The van der Waals surface area contributed by atoms with Crippen LogP contribution >= 0.6 is 11.8 Å². The largest absolute Gasteiger partial charge is 0.395 e. The van der Waals surface area contributed by atoms with Crippen LogP contribution < -0.4 is 0 Å². The number of piperidine rings is 1. The average Bonchev–Trinajstić information content (AvgIpc) is 2.75. The third kappa shape index (κ3) is 5.72. The van der Waals surface area contributed by atoms with Crippen LogP contribution in [0.3, 0.4) is 0 Å². The molecular formula is C24H27NO2S. The number of likely N-dealkylation sites (tertiary alicyclic amines) is 1. The van der Waals surface area contributed by atoms with Gasteiger partial charge in [0.1, 0.15) is 0 Å². The van der Waals surface area contributed by atoms with Gasteiger partial charge in [-0.05, 0) is 55.5 Å². The Balaban J connectivity index is 1.58. The van der Waals surface area contributed by atoms with Crippen molar-refractivity contribution in [1.82, 2.24) is 4.90 Å². The van der Waals surface area contributed by atoms with E-state index in [0.29, 0.717) is 6.42 Å². The molecule has 3 rings (SSSR count). The minimum Gasteiger partial charge on any atom is -0.395 e. The van der Waals surface area contributed by atoms with Crippen LogP contribution in [0.25, 0.3) is 0 Å². The molecular weight excluding hydrogens is 366 g/mol. The molecule has 1 aliphatic rings. The molecule has 146 valence electrons. The van der Waals surface area contributed by atoms with Crippen molar-refractivity contribution in [2.45, 2.75) is 30.7 Å². The second-order valence-electron chi connectivity index (χ2n) is 7.14. The van der Waals surface area contributed by atoms with Crippen molar-refractivity contribution in [2.24, 2.45) is 5.92 Å². The number of thioether (sulfide) groups is 1. The molecule has 0 saturated carbocycles. The molecule has 0 bridgehead atoms. The van der Waals surface area contributed by atoms with Gasteiger partial charge in [-0.1, -0.05) is 36.1 Å².